The summed E-state index contributed by atoms with van der Waals surface area (Å²) in [5.74, 6) is -1.18. The molecule has 0 saturated carbocycles. The summed E-state index contributed by atoms with van der Waals surface area (Å²) in [7, 11) is -3.64. The van der Waals surface area contributed by atoms with Gasteiger partial charge in [0.1, 0.15) is 0 Å². The van der Waals surface area contributed by atoms with Crippen LogP contribution >= 0.6 is 0 Å². The van der Waals surface area contributed by atoms with Crippen LogP contribution in [0.3, 0.4) is 0 Å². The van der Waals surface area contributed by atoms with Crippen LogP contribution in [0.2, 0.25) is 0 Å². The maximum absolute atomic E-state index is 13.3. The number of carbonyl (C=O) groups is 2. The van der Waals surface area contributed by atoms with E-state index in [1.807, 2.05) is 47.6 Å². The molecular formula is C21H32N2O5S. The van der Waals surface area contributed by atoms with Crippen LogP contribution in [0.4, 0.5) is 0 Å². The molecule has 1 fully saturated rings. The minimum atomic E-state index is -3.64. The van der Waals surface area contributed by atoms with Crippen molar-refractivity contribution in [3.63, 3.8) is 0 Å². The highest BCUT2D eigenvalue weighted by Gasteiger charge is 2.35. The van der Waals surface area contributed by atoms with Crippen LogP contribution in [0.1, 0.15) is 48.9 Å². The third kappa shape index (κ3) is 5.36. The number of benzene rings is 1. The standard InChI is InChI=1S/C21H32N2O5S/c1-13(2)22-19(24)12-28-21(25)18-7-9-23(10-8-18)29(26,27)20-16(5)14(3)11-15(4)17(20)6/h11,13,18H,7-10,12H2,1-6H3,(H,22,24). The minimum absolute atomic E-state index is 0.0215. The Balaban J connectivity index is 2.04. The second-order valence-corrected chi connectivity index (χ2v) is 9.97. The van der Waals surface area contributed by atoms with Crippen LogP contribution in [0, 0.1) is 33.6 Å². The van der Waals surface area contributed by atoms with E-state index in [9.17, 15) is 18.0 Å². The topological polar surface area (TPSA) is 92.8 Å². The average molecular weight is 425 g/mol. The largest absolute Gasteiger partial charge is 0.455 e. The summed E-state index contributed by atoms with van der Waals surface area (Å²) < 4.78 is 33.1. The Morgan fingerprint density at radius 1 is 1.10 bits per heavy atom. The summed E-state index contributed by atoms with van der Waals surface area (Å²) in [6.45, 7) is 11.4. The molecule has 1 aromatic carbocycles. The molecule has 162 valence electrons. The van der Waals surface area contributed by atoms with Gasteiger partial charge in [-0.15, -0.1) is 0 Å². The second kappa shape index (κ2) is 9.26. The molecule has 1 aliphatic rings. The van der Waals surface area contributed by atoms with Crippen molar-refractivity contribution in [2.24, 2.45) is 5.92 Å². The molecule has 0 atom stereocenters. The van der Waals surface area contributed by atoms with Crippen LogP contribution in [0.15, 0.2) is 11.0 Å². The van der Waals surface area contributed by atoms with E-state index >= 15 is 0 Å². The lowest BCUT2D eigenvalue weighted by Crippen LogP contribution is -2.41. The molecule has 0 bridgehead atoms. The van der Waals surface area contributed by atoms with E-state index in [0.717, 1.165) is 22.3 Å². The first kappa shape index (κ1) is 23.3. The van der Waals surface area contributed by atoms with Gasteiger partial charge in [-0.3, -0.25) is 9.59 Å². The normalized spacial score (nSPS) is 16.1. The quantitative estimate of drug-likeness (QED) is 0.708. The molecule has 1 amide bonds. The van der Waals surface area contributed by atoms with E-state index in [1.165, 1.54) is 4.31 Å². The van der Waals surface area contributed by atoms with Crippen molar-refractivity contribution in [3.8, 4) is 0 Å². The second-order valence-electron chi connectivity index (χ2n) is 8.10. The number of piperidine rings is 1. The van der Waals surface area contributed by atoms with E-state index in [0.29, 0.717) is 17.7 Å². The maximum Gasteiger partial charge on any atom is 0.309 e. The molecule has 0 aliphatic carbocycles. The van der Waals surface area contributed by atoms with E-state index in [4.69, 9.17) is 4.74 Å². The Labute approximate surface area is 173 Å². The number of ether oxygens (including phenoxy) is 1. The van der Waals surface area contributed by atoms with E-state index < -0.39 is 21.9 Å². The number of esters is 1. The Hall–Kier alpha value is -1.93. The number of nitrogens with one attached hydrogen (secondary N) is 1. The lowest BCUT2D eigenvalue weighted by molar-refractivity contribution is -0.153. The molecule has 1 saturated heterocycles. The fourth-order valence-electron chi connectivity index (χ4n) is 3.65. The summed E-state index contributed by atoms with van der Waals surface area (Å²) in [5.41, 5.74) is 3.44. The number of hydrogen-bond acceptors (Lipinski definition) is 5. The van der Waals surface area contributed by atoms with Gasteiger partial charge in [0.25, 0.3) is 5.91 Å². The number of nitrogens with zero attached hydrogens (tertiary/aromatic N) is 1. The fraction of sp³-hybridized carbons (Fsp3) is 0.619. The lowest BCUT2D eigenvalue weighted by Gasteiger charge is -2.31. The Kier molecular flexibility index (Phi) is 7.45. The zero-order chi connectivity index (χ0) is 21.9. The highest BCUT2D eigenvalue weighted by Crippen LogP contribution is 2.31. The highest BCUT2D eigenvalue weighted by atomic mass is 32.2. The molecule has 1 N–H and O–H groups in total. The van der Waals surface area contributed by atoms with Crippen molar-refractivity contribution in [3.05, 3.63) is 28.3 Å². The first-order chi connectivity index (χ1) is 13.4. The van der Waals surface area contributed by atoms with Gasteiger partial charge in [0.05, 0.1) is 10.8 Å². The van der Waals surface area contributed by atoms with Crippen molar-refractivity contribution >= 4 is 21.9 Å². The maximum atomic E-state index is 13.3. The molecule has 1 aromatic rings. The number of amides is 1. The van der Waals surface area contributed by atoms with Gasteiger partial charge in [-0.25, -0.2) is 8.42 Å². The number of rotatable bonds is 6. The molecule has 1 aliphatic heterocycles. The third-order valence-electron chi connectivity index (χ3n) is 5.48. The SMILES string of the molecule is Cc1cc(C)c(C)c(S(=O)(=O)N2CCC(C(=O)OCC(=O)NC(C)C)CC2)c1C. The molecule has 0 spiro atoms. The Morgan fingerprint density at radius 2 is 1.62 bits per heavy atom. The van der Waals surface area contributed by atoms with Crippen molar-refractivity contribution in [2.45, 2.75) is 65.3 Å². The summed E-state index contributed by atoms with van der Waals surface area (Å²) in [5, 5.41) is 2.66. The summed E-state index contributed by atoms with van der Waals surface area (Å²) >= 11 is 0. The summed E-state index contributed by atoms with van der Waals surface area (Å²) in [6.07, 6.45) is 0.763. The Bertz CT molecular complexity index is 859. The zero-order valence-corrected chi connectivity index (χ0v) is 19.0. The number of sulfonamides is 1. The molecule has 8 heteroatoms. The summed E-state index contributed by atoms with van der Waals surface area (Å²) in [4.78, 5) is 24.2. The predicted molar refractivity (Wildman–Crippen MR) is 111 cm³/mol. The highest BCUT2D eigenvalue weighted by molar-refractivity contribution is 7.89. The number of hydrogen-bond donors (Lipinski definition) is 1. The van der Waals surface area contributed by atoms with Gasteiger partial charge in [0.15, 0.2) is 6.61 Å². The molecule has 0 unspecified atom stereocenters. The minimum Gasteiger partial charge on any atom is -0.455 e. The smallest absolute Gasteiger partial charge is 0.309 e. The number of carbonyl (C=O) groups excluding carboxylic acids is 2. The third-order valence-corrected chi connectivity index (χ3v) is 7.65. The first-order valence-electron chi connectivity index (χ1n) is 9.98. The molecule has 0 radical (unpaired) electrons. The molecule has 7 nitrogen and oxygen atoms in total. The molecule has 0 aromatic heterocycles. The molecule has 29 heavy (non-hydrogen) atoms. The van der Waals surface area contributed by atoms with Gasteiger partial charge >= 0.3 is 5.97 Å². The van der Waals surface area contributed by atoms with Crippen LogP contribution < -0.4 is 5.32 Å². The van der Waals surface area contributed by atoms with Crippen molar-refractivity contribution in [2.75, 3.05) is 19.7 Å². The Morgan fingerprint density at radius 3 is 2.10 bits per heavy atom. The van der Waals surface area contributed by atoms with Crippen molar-refractivity contribution in [1.29, 1.82) is 0 Å². The molecule has 2 rings (SSSR count). The van der Waals surface area contributed by atoms with E-state index in [2.05, 4.69) is 5.32 Å². The van der Waals surface area contributed by atoms with Gasteiger partial charge < -0.3 is 10.1 Å². The van der Waals surface area contributed by atoms with E-state index in [1.54, 1.807) is 0 Å². The number of aryl methyl sites for hydroxylation is 2. The summed E-state index contributed by atoms with van der Waals surface area (Å²) in [6, 6.07) is 1.98. The van der Waals surface area contributed by atoms with E-state index in [-0.39, 0.29) is 31.6 Å². The lowest BCUT2D eigenvalue weighted by atomic mass is 9.98. The zero-order valence-electron chi connectivity index (χ0n) is 18.2. The fourth-order valence-corrected chi connectivity index (χ4v) is 5.69. The predicted octanol–water partition coefficient (Wildman–Crippen LogP) is 2.39. The van der Waals surface area contributed by atoms with Crippen LogP contribution in [0.5, 0.6) is 0 Å². The van der Waals surface area contributed by atoms with Crippen LogP contribution in [-0.2, 0) is 24.3 Å². The molecule has 1 heterocycles. The van der Waals surface area contributed by atoms with Gasteiger partial charge in [0, 0.05) is 19.1 Å². The van der Waals surface area contributed by atoms with Crippen molar-refractivity contribution < 1.29 is 22.7 Å². The van der Waals surface area contributed by atoms with Gasteiger partial charge in [-0.05, 0) is 76.6 Å². The van der Waals surface area contributed by atoms with Gasteiger partial charge in [0.2, 0.25) is 10.0 Å². The first-order valence-corrected chi connectivity index (χ1v) is 11.4. The average Bonchev–Trinajstić information content (AvgIpc) is 2.64. The van der Waals surface area contributed by atoms with Gasteiger partial charge in [-0.1, -0.05) is 6.07 Å². The van der Waals surface area contributed by atoms with Gasteiger partial charge in [-0.2, -0.15) is 4.31 Å². The van der Waals surface area contributed by atoms with Crippen LogP contribution in [0.25, 0.3) is 0 Å². The molecular weight excluding hydrogens is 392 g/mol. The monoisotopic (exact) mass is 424 g/mol. The van der Waals surface area contributed by atoms with Crippen LogP contribution in [-0.4, -0.2) is 50.3 Å². The van der Waals surface area contributed by atoms with Crippen molar-refractivity contribution in [1.82, 2.24) is 9.62 Å².